The highest BCUT2D eigenvalue weighted by Gasteiger charge is 2.22. The van der Waals surface area contributed by atoms with E-state index in [1.54, 1.807) is 11.3 Å². The minimum Gasteiger partial charge on any atom is -0.378 e. The molecule has 0 spiro atoms. The summed E-state index contributed by atoms with van der Waals surface area (Å²) in [4.78, 5) is 6.71. The number of morpholine rings is 1. The Morgan fingerprint density at radius 1 is 1.10 bits per heavy atom. The fourth-order valence-corrected chi connectivity index (χ4v) is 4.61. The van der Waals surface area contributed by atoms with Crippen molar-refractivity contribution in [2.24, 2.45) is 0 Å². The van der Waals surface area contributed by atoms with E-state index in [1.807, 2.05) is 16.8 Å². The summed E-state index contributed by atoms with van der Waals surface area (Å²) in [6.45, 7) is 5.05. The van der Waals surface area contributed by atoms with Crippen molar-refractivity contribution < 1.29 is 9.26 Å². The highest BCUT2D eigenvalue weighted by atomic mass is 32.2. The Hall–Kier alpha value is -2.69. The van der Waals surface area contributed by atoms with E-state index < -0.39 is 0 Å². The summed E-state index contributed by atoms with van der Waals surface area (Å²) in [6, 6.07) is 10.4. The molecule has 0 aliphatic carbocycles. The number of hydrogen-bond acceptors (Lipinski definition) is 9. The van der Waals surface area contributed by atoms with E-state index >= 15 is 0 Å². The van der Waals surface area contributed by atoms with Crippen molar-refractivity contribution >= 4 is 29.0 Å². The van der Waals surface area contributed by atoms with Crippen molar-refractivity contribution in [3.8, 4) is 17.1 Å². The summed E-state index contributed by atoms with van der Waals surface area (Å²) in [6.07, 6.45) is 0. The van der Waals surface area contributed by atoms with Gasteiger partial charge in [0.15, 0.2) is 5.16 Å². The average Bonchev–Trinajstić information content (AvgIpc) is 3.53. The largest absolute Gasteiger partial charge is 0.378 e. The third kappa shape index (κ3) is 3.98. The Morgan fingerprint density at radius 2 is 1.93 bits per heavy atom. The number of hydrogen-bond donors (Lipinski definition) is 0. The lowest BCUT2D eigenvalue weighted by Gasteiger charge is -2.27. The molecule has 10 heteroatoms. The summed E-state index contributed by atoms with van der Waals surface area (Å²) in [5, 5.41) is 17.8. The fourth-order valence-electron chi connectivity index (χ4n) is 3.19. The van der Waals surface area contributed by atoms with Gasteiger partial charge in [-0.1, -0.05) is 34.6 Å². The Balaban J connectivity index is 1.41. The monoisotopic (exact) mass is 440 g/mol. The molecule has 30 heavy (non-hydrogen) atoms. The number of thioether (sulfide) groups is 1. The van der Waals surface area contributed by atoms with Crippen LogP contribution in [0.25, 0.3) is 17.1 Å². The normalized spacial score (nSPS) is 14.4. The second kappa shape index (κ2) is 8.58. The van der Waals surface area contributed by atoms with Gasteiger partial charge in [0, 0.05) is 24.0 Å². The minimum atomic E-state index is 0.518. The Kier molecular flexibility index (Phi) is 5.52. The molecule has 1 fully saturated rings. The van der Waals surface area contributed by atoms with E-state index in [2.05, 4.69) is 61.0 Å². The zero-order chi connectivity index (χ0) is 20.3. The molecule has 3 aromatic heterocycles. The number of rotatable bonds is 6. The van der Waals surface area contributed by atoms with Crippen LogP contribution in [-0.2, 0) is 10.5 Å². The molecular weight excluding hydrogens is 420 g/mol. The molecule has 0 saturated carbocycles. The zero-order valence-electron chi connectivity index (χ0n) is 16.4. The fraction of sp³-hybridized carbons (Fsp3) is 0.300. The predicted octanol–water partition coefficient (Wildman–Crippen LogP) is 3.82. The van der Waals surface area contributed by atoms with E-state index in [-0.39, 0.29) is 0 Å². The highest BCUT2D eigenvalue weighted by molar-refractivity contribution is 7.98. The Bertz CT molecular complexity index is 1100. The van der Waals surface area contributed by atoms with Gasteiger partial charge >= 0.3 is 0 Å². The molecule has 1 aliphatic heterocycles. The average molecular weight is 441 g/mol. The lowest BCUT2D eigenvalue weighted by Crippen LogP contribution is -2.37. The summed E-state index contributed by atoms with van der Waals surface area (Å²) in [7, 11) is 0. The number of ether oxygens (including phenoxy) is 1. The first kappa shape index (κ1) is 19.3. The maximum atomic E-state index is 5.50. The van der Waals surface area contributed by atoms with Gasteiger partial charge in [0.25, 0.3) is 0 Å². The van der Waals surface area contributed by atoms with Crippen LogP contribution in [0.1, 0.15) is 11.5 Å². The van der Waals surface area contributed by atoms with Crippen LogP contribution < -0.4 is 4.90 Å². The standard InChI is InChI=1S/C20H20N6O2S2/c1-14-2-4-16(5-3-14)26-19(25-7-9-27-10-8-25)22-23-20(26)30-13-17-21-18(24-28-17)15-6-11-29-12-15/h2-6,11-12H,7-10,13H2,1H3. The molecule has 1 saturated heterocycles. The maximum Gasteiger partial charge on any atom is 0.237 e. The van der Waals surface area contributed by atoms with Crippen molar-refractivity contribution in [2.75, 3.05) is 31.2 Å². The van der Waals surface area contributed by atoms with Gasteiger partial charge in [0.05, 0.1) is 24.7 Å². The number of aromatic nitrogens is 5. The predicted molar refractivity (Wildman–Crippen MR) is 116 cm³/mol. The van der Waals surface area contributed by atoms with Gasteiger partial charge in [-0.15, -0.1) is 10.2 Å². The van der Waals surface area contributed by atoms with Gasteiger partial charge in [-0.3, -0.25) is 4.57 Å². The van der Waals surface area contributed by atoms with Crippen LogP contribution in [0.4, 0.5) is 5.95 Å². The van der Waals surface area contributed by atoms with Crippen LogP contribution in [0.15, 0.2) is 50.8 Å². The highest BCUT2D eigenvalue weighted by Crippen LogP contribution is 2.29. The molecule has 1 aliphatic rings. The van der Waals surface area contributed by atoms with E-state index in [0.717, 1.165) is 35.4 Å². The summed E-state index contributed by atoms with van der Waals surface area (Å²) >= 11 is 3.14. The van der Waals surface area contributed by atoms with Gasteiger partial charge < -0.3 is 14.2 Å². The van der Waals surface area contributed by atoms with Crippen molar-refractivity contribution in [3.05, 3.63) is 52.5 Å². The zero-order valence-corrected chi connectivity index (χ0v) is 18.0. The summed E-state index contributed by atoms with van der Waals surface area (Å²) in [5.74, 6) is 2.52. The van der Waals surface area contributed by atoms with Crippen LogP contribution in [0, 0.1) is 6.92 Å². The van der Waals surface area contributed by atoms with E-state index in [9.17, 15) is 0 Å². The van der Waals surface area contributed by atoms with Crippen molar-refractivity contribution in [1.29, 1.82) is 0 Å². The van der Waals surface area contributed by atoms with Gasteiger partial charge in [-0.05, 0) is 30.5 Å². The molecule has 5 rings (SSSR count). The molecule has 0 N–H and O–H groups in total. The number of thiophene rings is 1. The third-order valence-electron chi connectivity index (χ3n) is 4.77. The molecular formula is C20H20N6O2S2. The second-order valence-electron chi connectivity index (χ2n) is 6.87. The first-order valence-corrected chi connectivity index (χ1v) is 11.5. The first-order valence-electron chi connectivity index (χ1n) is 9.61. The van der Waals surface area contributed by atoms with E-state index in [1.165, 1.54) is 17.3 Å². The smallest absolute Gasteiger partial charge is 0.237 e. The second-order valence-corrected chi connectivity index (χ2v) is 8.59. The number of anilines is 1. The van der Waals surface area contributed by atoms with E-state index in [0.29, 0.717) is 30.7 Å². The molecule has 0 amide bonds. The third-order valence-corrected chi connectivity index (χ3v) is 6.37. The first-order chi connectivity index (χ1) is 14.8. The molecule has 4 aromatic rings. The maximum absolute atomic E-state index is 5.50. The Labute approximate surface area is 181 Å². The van der Waals surface area contributed by atoms with Crippen molar-refractivity contribution in [3.63, 3.8) is 0 Å². The van der Waals surface area contributed by atoms with Crippen LogP contribution in [0.5, 0.6) is 0 Å². The number of benzene rings is 1. The van der Waals surface area contributed by atoms with Crippen molar-refractivity contribution in [1.82, 2.24) is 24.9 Å². The number of nitrogens with zero attached hydrogens (tertiary/aromatic N) is 6. The molecule has 4 heterocycles. The minimum absolute atomic E-state index is 0.518. The molecule has 154 valence electrons. The van der Waals surface area contributed by atoms with E-state index in [4.69, 9.17) is 9.26 Å². The molecule has 0 bridgehead atoms. The van der Waals surface area contributed by atoms with Crippen LogP contribution in [-0.4, -0.2) is 51.2 Å². The van der Waals surface area contributed by atoms with Gasteiger partial charge in [-0.25, -0.2) is 0 Å². The number of aryl methyl sites for hydroxylation is 1. The van der Waals surface area contributed by atoms with Crippen LogP contribution in [0.2, 0.25) is 0 Å². The van der Waals surface area contributed by atoms with Gasteiger partial charge in [0.2, 0.25) is 17.7 Å². The lowest BCUT2D eigenvalue weighted by atomic mass is 10.2. The van der Waals surface area contributed by atoms with Crippen LogP contribution >= 0.6 is 23.1 Å². The molecule has 0 unspecified atom stereocenters. The van der Waals surface area contributed by atoms with Gasteiger partial charge in [0.1, 0.15) is 0 Å². The molecule has 1 aromatic carbocycles. The summed E-state index contributed by atoms with van der Waals surface area (Å²) in [5.41, 5.74) is 3.21. The van der Waals surface area contributed by atoms with Crippen molar-refractivity contribution in [2.45, 2.75) is 17.8 Å². The Morgan fingerprint density at radius 3 is 2.70 bits per heavy atom. The lowest BCUT2D eigenvalue weighted by molar-refractivity contribution is 0.122. The quantitative estimate of drug-likeness (QED) is 0.419. The molecule has 8 nitrogen and oxygen atoms in total. The SMILES string of the molecule is Cc1ccc(-n2c(SCc3nc(-c4ccsc4)no3)nnc2N2CCOCC2)cc1. The summed E-state index contributed by atoms with van der Waals surface area (Å²) < 4.78 is 13.0. The van der Waals surface area contributed by atoms with Gasteiger partial charge in [-0.2, -0.15) is 16.3 Å². The molecule has 0 radical (unpaired) electrons. The van der Waals surface area contributed by atoms with Crippen LogP contribution in [0.3, 0.4) is 0 Å². The topological polar surface area (TPSA) is 82.1 Å². The molecule has 0 atom stereocenters.